The molecule has 0 saturated carbocycles. The summed E-state index contributed by atoms with van der Waals surface area (Å²) in [4.78, 5) is 81.8. The number of thioether (sulfide) groups is 2. The van der Waals surface area contributed by atoms with Gasteiger partial charge in [-0.3, -0.25) is 43.3 Å². The van der Waals surface area contributed by atoms with Gasteiger partial charge < -0.3 is 45.4 Å². The summed E-state index contributed by atoms with van der Waals surface area (Å²) in [6.45, 7) is 5.88. The summed E-state index contributed by atoms with van der Waals surface area (Å²) in [5, 5.41) is 25.0. The van der Waals surface area contributed by atoms with Crippen LogP contribution in [0.25, 0.3) is 0 Å². The predicted molar refractivity (Wildman–Crippen MR) is 259 cm³/mol. The van der Waals surface area contributed by atoms with Crippen molar-refractivity contribution in [1.82, 2.24) is 26.2 Å². The van der Waals surface area contributed by atoms with Gasteiger partial charge in [-0.1, -0.05) is 52.4 Å². The molecule has 28 heteroatoms. The fraction of sp³-hybridized carbons (Fsp3) is 0.868. The number of ether oxygens (including phenoxy) is 2. The van der Waals surface area contributed by atoms with Gasteiger partial charge in [-0.05, 0) is 62.9 Å². The first-order chi connectivity index (χ1) is 31.7. The lowest BCUT2D eigenvalue weighted by molar-refractivity contribution is -0.141. The molecule has 0 aromatic carbocycles. The first-order valence-corrected chi connectivity index (χ1v) is 29.3. The summed E-state index contributed by atoms with van der Waals surface area (Å²) < 4.78 is 50.7. The molecule has 5 amide bonds. The average Bonchev–Trinajstić information content (AvgIpc) is 3.27. The Hall–Kier alpha value is -1.61. The highest BCUT2D eigenvalue weighted by molar-refractivity contribution is 8.00. The van der Waals surface area contributed by atoms with Crippen LogP contribution in [0.15, 0.2) is 0 Å². The standard InChI is InChI=1S/C36H71N7O15P4S2.C2H6/c1-53-31-54-28-36(48)43(22-20-41-32(44)16-8-6-10-18-39-34(46)29-63-26-14-4-2-12-24-55-61(49,50)57-59-37)23-21-42-33(45)17-9-7-11-19-40-35(47)30-64-27-15-5-3-13-25-56-62(51,52)58-60-38;1-2/h37-38H,2-31H2,1H3,(H,39,46)(H,40,47)(H,41,44)(H,42,45)(H,49,50)(H,51,52);1-2H3. The Labute approximate surface area is 403 Å². The minimum Gasteiger partial charge on any atom is -0.359 e. The lowest BCUT2D eigenvalue weighted by Crippen LogP contribution is -2.44. The van der Waals surface area contributed by atoms with E-state index in [4.69, 9.17) is 28.8 Å². The minimum atomic E-state index is -4.13. The maximum atomic E-state index is 12.8. The smallest absolute Gasteiger partial charge is 0.359 e. The van der Waals surface area contributed by atoms with E-state index in [0.717, 1.165) is 75.7 Å². The summed E-state index contributed by atoms with van der Waals surface area (Å²) in [6.07, 6.45) is 11.3. The van der Waals surface area contributed by atoms with Gasteiger partial charge in [0.05, 0.1) is 24.7 Å². The Morgan fingerprint density at radius 2 is 0.970 bits per heavy atom. The zero-order valence-electron chi connectivity index (χ0n) is 39.0. The first kappa shape index (κ1) is 66.5. The Balaban J connectivity index is 0. The predicted octanol–water partition coefficient (Wildman–Crippen LogP) is 7.15. The van der Waals surface area contributed by atoms with E-state index in [1.54, 1.807) is 0 Å². The van der Waals surface area contributed by atoms with Gasteiger partial charge in [-0.2, -0.15) is 23.5 Å². The molecule has 0 spiro atoms. The van der Waals surface area contributed by atoms with E-state index < -0.39 is 32.8 Å². The van der Waals surface area contributed by atoms with Gasteiger partial charge in [0.1, 0.15) is 13.4 Å². The van der Waals surface area contributed by atoms with Crippen molar-refractivity contribution in [2.24, 2.45) is 0 Å². The number of hydrogen-bond donors (Lipinski definition) is 8. The Kier molecular flexibility index (Phi) is 47.4. The molecule has 0 aromatic rings. The van der Waals surface area contributed by atoms with Crippen LogP contribution >= 0.6 is 56.4 Å². The van der Waals surface area contributed by atoms with Crippen LogP contribution in [0, 0.1) is 10.3 Å². The molecule has 8 N–H and O–H groups in total. The molecule has 0 aliphatic carbocycles. The van der Waals surface area contributed by atoms with E-state index in [2.05, 4.69) is 29.9 Å². The molecule has 2 atom stereocenters. The van der Waals surface area contributed by atoms with E-state index in [1.165, 1.54) is 35.5 Å². The molecular weight excluding hydrogens is 982 g/mol. The summed E-state index contributed by atoms with van der Waals surface area (Å²) in [5.74, 6) is 1.67. The first-order valence-electron chi connectivity index (χ1n) is 22.4. The quantitative estimate of drug-likeness (QED) is 0.0170. The van der Waals surface area contributed by atoms with E-state index in [0.29, 0.717) is 63.1 Å². The normalized spacial score (nSPS) is 12.9. The molecule has 22 nitrogen and oxygen atoms in total. The van der Waals surface area contributed by atoms with Crippen LogP contribution in [-0.2, 0) is 60.2 Å². The van der Waals surface area contributed by atoms with Gasteiger partial charge in [0.15, 0.2) is 17.2 Å². The van der Waals surface area contributed by atoms with Crippen LogP contribution in [0.3, 0.4) is 0 Å². The number of nitrogens with zero attached hydrogens (tertiary/aromatic N) is 1. The van der Waals surface area contributed by atoms with Crippen LogP contribution in [0.4, 0.5) is 0 Å². The molecule has 0 aliphatic heterocycles. The highest BCUT2D eigenvalue weighted by Crippen LogP contribution is 2.47. The van der Waals surface area contributed by atoms with Crippen molar-refractivity contribution >= 4 is 85.9 Å². The number of carbonyl (C=O) groups is 5. The number of hydrogen-bond acceptors (Lipinski definition) is 17. The number of rotatable bonds is 46. The number of phosphoric acid groups is 2. The average molecular weight is 1060 g/mol. The van der Waals surface area contributed by atoms with Crippen molar-refractivity contribution in [1.29, 1.82) is 10.3 Å². The Morgan fingerprint density at radius 3 is 1.38 bits per heavy atom. The van der Waals surface area contributed by atoms with Gasteiger partial charge in [-0.25, -0.2) is 17.8 Å². The van der Waals surface area contributed by atoms with Gasteiger partial charge in [0.2, 0.25) is 29.5 Å². The summed E-state index contributed by atoms with van der Waals surface area (Å²) in [6, 6.07) is 0. The van der Waals surface area contributed by atoms with Crippen molar-refractivity contribution in [3.63, 3.8) is 0 Å². The topological polar surface area (TPSA) is 314 Å². The lowest BCUT2D eigenvalue weighted by Gasteiger charge is -2.23. The van der Waals surface area contributed by atoms with E-state index in [9.17, 15) is 42.9 Å². The zero-order valence-corrected chi connectivity index (χ0v) is 44.2. The van der Waals surface area contributed by atoms with Gasteiger partial charge in [0, 0.05) is 59.2 Å². The van der Waals surface area contributed by atoms with Gasteiger partial charge in [0.25, 0.3) is 0 Å². The molecule has 0 aliphatic rings. The number of methoxy groups -OCH3 is 1. The summed E-state index contributed by atoms with van der Waals surface area (Å²) >= 11 is 3.08. The molecule has 0 rings (SSSR count). The molecule has 66 heavy (non-hydrogen) atoms. The molecule has 0 heterocycles. The third-order valence-corrected chi connectivity index (χ3v) is 14.0. The van der Waals surface area contributed by atoms with Crippen LogP contribution in [0.2, 0.25) is 0 Å². The SMILES string of the molecule is CC.COCOCC(=O)N(CCNC(=O)CCCCCNC(=O)CSCCCCCCOP(=O)(O)OP=N)CCNC(=O)CCCCCNC(=O)CSCCCCCCOP(=O)(O)OP=N. The third kappa shape index (κ3) is 46.1. The molecule has 0 bridgehead atoms. The van der Waals surface area contributed by atoms with E-state index in [-0.39, 0.29) is 82.3 Å². The second-order valence-electron chi connectivity index (χ2n) is 14.0. The maximum absolute atomic E-state index is 12.8. The van der Waals surface area contributed by atoms with E-state index >= 15 is 0 Å². The molecule has 0 saturated heterocycles. The lowest BCUT2D eigenvalue weighted by atomic mass is 10.2. The largest absolute Gasteiger partial charge is 0.481 e. The molecule has 386 valence electrons. The van der Waals surface area contributed by atoms with Crippen molar-refractivity contribution in [3.05, 3.63) is 0 Å². The monoisotopic (exact) mass is 1060 g/mol. The molecule has 0 radical (unpaired) electrons. The molecule has 0 fully saturated rings. The molecular formula is C38H77N7O15P4S2. The Bertz CT molecular complexity index is 1330. The number of phosphoric ester groups is 2. The highest BCUT2D eigenvalue weighted by Gasteiger charge is 2.21. The number of unbranched alkanes of at least 4 members (excludes halogenated alkanes) is 10. The second-order valence-corrected chi connectivity index (χ2v) is 20.3. The Morgan fingerprint density at radius 1 is 0.576 bits per heavy atom. The van der Waals surface area contributed by atoms with E-state index in [1.807, 2.05) is 13.8 Å². The number of nitrogens with one attached hydrogen (secondary N) is 6. The third-order valence-electron chi connectivity index (χ3n) is 8.62. The fourth-order valence-corrected chi connectivity index (χ4v) is 9.00. The molecule has 0 aromatic heterocycles. The summed E-state index contributed by atoms with van der Waals surface area (Å²) in [7, 11) is -7.63. The maximum Gasteiger partial charge on any atom is 0.481 e. The van der Waals surface area contributed by atoms with Crippen molar-refractivity contribution in [3.8, 4) is 0 Å². The van der Waals surface area contributed by atoms with Crippen LogP contribution in [-0.4, -0.2) is 140 Å². The van der Waals surface area contributed by atoms with Gasteiger partial charge >= 0.3 is 15.6 Å². The van der Waals surface area contributed by atoms with Crippen LogP contribution in [0.5, 0.6) is 0 Å². The second kappa shape index (κ2) is 47.1. The minimum absolute atomic E-state index is 0.0440. The number of carbonyl (C=O) groups excluding carboxylic acids is 5. The summed E-state index contributed by atoms with van der Waals surface area (Å²) in [5.41, 5.74) is 0. The van der Waals surface area contributed by atoms with Crippen molar-refractivity contribution in [2.45, 2.75) is 117 Å². The van der Waals surface area contributed by atoms with Crippen LogP contribution in [0.1, 0.15) is 117 Å². The zero-order chi connectivity index (χ0) is 49.6. The van der Waals surface area contributed by atoms with Crippen LogP contribution < -0.4 is 21.3 Å². The van der Waals surface area contributed by atoms with Crippen molar-refractivity contribution < 1.29 is 70.0 Å². The van der Waals surface area contributed by atoms with Gasteiger partial charge in [-0.15, -0.1) is 0 Å². The molecule has 2 unspecified atom stereocenters. The van der Waals surface area contributed by atoms with Crippen molar-refractivity contribution in [2.75, 3.05) is 96.0 Å². The number of amides is 5. The fourth-order valence-electron chi connectivity index (χ4n) is 5.39. The highest BCUT2D eigenvalue weighted by atomic mass is 32.2.